The number of hydrogen-bond donors (Lipinski definition) is 2. The largest absolute Gasteiger partial charge is 0.488 e. The Hall–Kier alpha value is -3.92. The van der Waals surface area contributed by atoms with Gasteiger partial charge >= 0.3 is 0 Å². The second-order valence-corrected chi connectivity index (χ2v) is 10.1. The van der Waals surface area contributed by atoms with E-state index in [0.29, 0.717) is 49.1 Å². The first-order chi connectivity index (χ1) is 18.7. The number of Topliss-reactive ketones (excluding diaryl/α,β-unsaturated/α-hetero) is 1. The average molecular weight is 537 g/mol. The zero-order chi connectivity index (χ0) is 28.3. The second-order valence-electron chi connectivity index (χ2n) is 10.1. The molecule has 2 N–H and O–H groups in total. The maximum Gasteiger partial charge on any atom is 0.272 e. The Bertz CT molecular complexity index is 1430. The number of rotatable bonds is 9. The van der Waals surface area contributed by atoms with E-state index in [-0.39, 0.29) is 58.7 Å². The molecule has 39 heavy (non-hydrogen) atoms. The van der Waals surface area contributed by atoms with E-state index in [9.17, 15) is 19.2 Å². The molecule has 0 saturated carbocycles. The number of aliphatic hydroxyl groups excluding tert-OH is 1. The van der Waals surface area contributed by atoms with Gasteiger partial charge in [0.1, 0.15) is 12.0 Å². The molecule has 4 rings (SSSR count). The zero-order valence-electron chi connectivity index (χ0n) is 22.9. The minimum atomic E-state index is -0.531. The minimum absolute atomic E-state index is 0.120. The Kier molecular flexibility index (Phi) is 8.54. The number of aliphatic hydroxyl groups is 1. The van der Waals surface area contributed by atoms with Crippen LogP contribution in [0.2, 0.25) is 0 Å². The van der Waals surface area contributed by atoms with Gasteiger partial charge in [0.25, 0.3) is 11.5 Å². The fourth-order valence-corrected chi connectivity index (χ4v) is 5.11. The molecule has 3 aromatic rings. The van der Waals surface area contributed by atoms with Gasteiger partial charge in [0.05, 0.1) is 18.2 Å². The molecule has 10 nitrogen and oxygen atoms in total. The van der Waals surface area contributed by atoms with Crippen LogP contribution in [0.15, 0.2) is 41.2 Å². The lowest BCUT2D eigenvalue weighted by Gasteiger charge is -2.32. The molecule has 3 heterocycles. The monoisotopic (exact) mass is 536 g/mol. The summed E-state index contributed by atoms with van der Waals surface area (Å²) in [7, 11) is 1.73. The number of aromatic nitrogens is 2. The molecule has 208 valence electrons. The van der Waals surface area contributed by atoms with Crippen LogP contribution >= 0.6 is 0 Å². The van der Waals surface area contributed by atoms with Crippen molar-refractivity contribution >= 4 is 28.5 Å². The zero-order valence-corrected chi connectivity index (χ0v) is 22.9. The lowest BCUT2D eigenvalue weighted by Crippen LogP contribution is -2.47. The smallest absolute Gasteiger partial charge is 0.272 e. The highest BCUT2D eigenvalue weighted by Crippen LogP contribution is 2.32. The fraction of sp³-hybridized carbons (Fsp3) is 0.448. The summed E-state index contributed by atoms with van der Waals surface area (Å²) in [6, 6.07) is 10.5. The number of ether oxygens (including phenoxy) is 1. The second kappa shape index (κ2) is 11.9. The summed E-state index contributed by atoms with van der Waals surface area (Å²) in [6.45, 7) is 5.80. The highest BCUT2D eigenvalue weighted by Gasteiger charge is 2.30. The van der Waals surface area contributed by atoms with Crippen molar-refractivity contribution in [3.63, 3.8) is 0 Å². The van der Waals surface area contributed by atoms with E-state index in [1.807, 2.05) is 32.9 Å². The molecule has 10 heteroatoms. The van der Waals surface area contributed by atoms with Gasteiger partial charge in [-0.2, -0.15) is 0 Å². The topological polar surface area (TPSA) is 123 Å². The van der Waals surface area contributed by atoms with Gasteiger partial charge in [-0.3, -0.25) is 19.2 Å². The van der Waals surface area contributed by atoms with Crippen molar-refractivity contribution < 1.29 is 24.2 Å². The van der Waals surface area contributed by atoms with Crippen LogP contribution in [-0.2, 0) is 24.8 Å². The summed E-state index contributed by atoms with van der Waals surface area (Å²) < 4.78 is 9.24. The van der Waals surface area contributed by atoms with Crippen molar-refractivity contribution in [3.05, 3.63) is 63.7 Å². The van der Waals surface area contributed by atoms with Gasteiger partial charge in [0.2, 0.25) is 5.91 Å². The maximum atomic E-state index is 13.9. The van der Waals surface area contributed by atoms with E-state index >= 15 is 0 Å². The van der Waals surface area contributed by atoms with Crippen LogP contribution in [0.4, 0.5) is 0 Å². The van der Waals surface area contributed by atoms with Crippen LogP contribution in [0.1, 0.15) is 60.2 Å². The number of aryl methyl sites for hydroxylation is 2. The minimum Gasteiger partial charge on any atom is -0.488 e. The first-order valence-electron chi connectivity index (χ1n) is 13.4. The number of ketones is 1. The SMILES string of the molecule is CCc1cc2c(c(OC(C)C)c(C(=O)NC3CCN(C(=O)CO)CC3)n2C)c(=O)n1CC(=O)c1ccccc1. The molecular formula is C29H36N4O6. The van der Waals surface area contributed by atoms with Gasteiger partial charge in [-0.15, -0.1) is 0 Å². The third-order valence-electron chi connectivity index (χ3n) is 7.15. The van der Waals surface area contributed by atoms with Gasteiger partial charge in [-0.25, -0.2) is 0 Å². The predicted octanol–water partition coefficient (Wildman–Crippen LogP) is 2.29. The van der Waals surface area contributed by atoms with E-state index < -0.39 is 6.61 Å². The van der Waals surface area contributed by atoms with Crippen LogP contribution in [0.3, 0.4) is 0 Å². The van der Waals surface area contributed by atoms with Gasteiger partial charge in [0.15, 0.2) is 17.2 Å². The molecule has 0 radical (unpaired) electrons. The number of hydrogen-bond acceptors (Lipinski definition) is 6. The summed E-state index contributed by atoms with van der Waals surface area (Å²) in [5.41, 5.74) is 1.62. The van der Waals surface area contributed by atoms with Crippen LogP contribution < -0.4 is 15.6 Å². The summed E-state index contributed by atoms with van der Waals surface area (Å²) in [4.78, 5) is 53.9. The van der Waals surface area contributed by atoms with Gasteiger partial charge in [0, 0.05) is 37.4 Å². The Morgan fingerprint density at radius 3 is 2.38 bits per heavy atom. The van der Waals surface area contributed by atoms with Crippen LogP contribution in [-0.4, -0.2) is 68.6 Å². The van der Waals surface area contributed by atoms with Gasteiger partial charge < -0.3 is 29.2 Å². The molecule has 0 spiro atoms. The Labute approximate surface area is 227 Å². The molecule has 0 aliphatic carbocycles. The average Bonchev–Trinajstić information content (AvgIpc) is 3.20. The van der Waals surface area contributed by atoms with Gasteiger partial charge in [-0.1, -0.05) is 37.3 Å². The highest BCUT2D eigenvalue weighted by atomic mass is 16.5. The molecule has 0 unspecified atom stereocenters. The summed E-state index contributed by atoms with van der Waals surface area (Å²) in [5.74, 6) is -0.685. The summed E-state index contributed by atoms with van der Waals surface area (Å²) >= 11 is 0. The molecule has 0 atom stereocenters. The van der Waals surface area contributed by atoms with E-state index in [1.165, 1.54) is 4.57 Å². The van der Waals surface area contributed by atoms with Gasteiger partial charge in [-0.05, 0) is 39.2 Å². The number of carbonyl (C=O) groups is 3. The Morgan fingerprint density at radius 1 is 1.13 bits per heavy atom. The maximum absolute atomic E-state index is 13.9. The van der Waals surface area contributed by atoms with Crippen molar-refractivity contribution in [2.24, 2.45) is 7.05 Å². The number of pyridine rings is 1. The lowest BCUT2D eigenvalue weighted by molar-refractivity contribution is -0.135. The summed E-state index contributed by atoms with van der Waals surface area (Å²) in [6.07, 6.45) is 1.32. The number of nitrogens with zero attached hydrogens (tertiary/aromatic N) is 3. The lowest BCUT2D eigenvalue weighted by atomic mass is 10.0. The Morgan fingerprint density at radius 2 is 1.79 bits per heavy atom. The van der Waals surface area contributed by atoms with Crippen molar-refractivity contribution in [1.82, 2.24) is 19.4 Å². The number of benzene rings is 1. The van der Waals surface area contributed by atoms with E-state index in [2.05, 4.69) is 5.32 Å². The molecule has 1 saturated heterocycles. The number of fused-ring (bicyclic) bond motifs is 1. The Balaban J connectivity index is 1.72. The third-order valence-corrected chi connectivity index (χ3v) is 7.15. The van der Waals surface area contributed by atoms with Crippen LogP contribution in [0, 0.1) is 0 Å². The quantitative estimate of drug-likeness (QED) is 0.405. The molecule has 2 aromatic heterocycles. The number of nitrogens with one attached hydrogen (secondary N) is 1. The fourth-order valence-electron chi connectivity index (χ4n) is 5.11. The van der Waals surface area contributed by atoms with Crippen molar-refractivity contribution in [2.45, 2.75) is 58.7 Å². The van der Waals surface area contributed by atoms with Crippen molar-refractivity contribution in [2.75, 3.05) is 19.7 Å². The van der Waals surface area contributed by atoms with Crippen molar-refractivity contribution in [1.29, 1.82) is 0 Å². The number of likely N-dealkylation sites (tertiary alicyclic amines) is 1. The molecule has 0 bridgehead atoms. The number of amides is 2. The third kappa shape index (κ3) is 5.75. The standard InChI is InChI=1S/C29H36N4O6/c1-5-21-15-22-25(29(38)33(21)16-23(35)19-9-7-6-8-10-19)27(39-18(2)3)26(31(22)4)28(37)30-20-11-13-32(14-12-20)24(36)17-34/h6-10,15,18,20,34H,5,11-14,16-17H2,1-4H3,(H,30,37). The van der Waals surface area contributed by atoms with E-state index in [4.69, 9.17) is 9.84 Å². The molecule has 1 fully saturated rings. The van der Waals surface area contributed by atoms with Crippen LogP contribution in [0.25, 0.3) is 10.9 Å². The molecule has 1 aliphatic rings. The number of carbonyl (C=O) groups excluding carboxylic acids is 3. The molecule has 2 amide bonds. The number of piperidine rings is 1. The molecular weight excluding hydrogens is 500 g/mol. The summed E-state index contributed by atoms with van der Waals surface area (Å²) in [5, 5.41) is 12.4. The van der Waals surface area contributed by atoms with E-state index in [0.717, 1.165) is 0 Å². The molecule has 1 aromatic carbocycles. The highest BCUT2D eigenvalue weighted by molar-refractivity contribution is 6.04. The normalized spacial score (nSPS) is 14.2. The van der Waals surface area contributed by atoms with Crippen molar-refractivity contribution in [3.8, 4) is 5.75 Å². The first-order valence-corrected chi connectivity index (χ1v) is 13.4. The first kappa shape index (κ1) is 28.1. The van der Waals surface area contributed by atoms with E-state index in [1.54, 1.807) is 40.8 Å². The van der Waals surface area contributed by atoms with Crippen LogP contribution in [0.5, 0.6) is 5.75 Å². The predicted molar refractivity (Wildman–Crippen MR) is 147 cm³/mol. The molecule has 1 aliphatic heterocycles.